The maximum atomic E-state index is 7.31. The summed E-state index contributed by atoms with van der Waals surface area (Å²) >= 11 is 14.6. The Morgan fingerprint density at radius 2 is 1.03 bits per heavy atom. The lowest BCUT2D eigenvalue weighted by Gasteiger charge is -2.42. The first-order valence-electron chi connectivity index (χ1n) is 11.2. The van der Waals surface area contributed by atoms with Crippen molar-refractivity contribution >= 4 is 34.6 Å². The van der Waals surface area contributed by atoms with Gasteiger partial charge in [-0.25, -0.2) is 0 Å². The van der Waals surface area contributed by atoms with Crippen LogP contribution in [-0.2, 0) is 4.33 Å². The van der Waals surface area contributed by atoms with Crippen molar-refractivity contribution in [2.24, 2.45) is 0 Å². The zero-order valence-electron chi connectivity index (χ0n) is 19.8. The standard InChI is InChI=1S/C28H32Cl2N2/c1-18-14-20(3)25(21(4)15-18)31-12-13-32(26-22(5)16-19(2)17-23(26)6)27(31)28(29,30)24-10-8-7-9-11-24/h7-11,14-17,27H,12-13H2,1-6H3. The molecule has 1 fully saturated rings. The number of hydrogen-bond acceptors (Lipinski definition) is 2. The summed E-state index contributed by atoms with van der Waals surface area (Å²) in [6, 6.07) is 19.0. The Hall–Kier alpha value is -2.16. The number of halogens is 2. The van der Waals surface area contributed by atoms with Crippen LogP contribution in [0.3, 0.4) is 0 Å². The zero-order chi connectivity index (χ0) is 23.2. The van der Waals surface area contributed by atoms with Crippen LogP contribution >= 0.6 is 23.2 Å². The third-order valence-corrected chi connectivity index (χ3v) is 7.33. The summed E-state index contributed by atoms with van der Waals surface area (Å²) in [5.41, 5.74) is 10.9. The van der Waals surface area contributed by atoms with Gasteiger partial charge in [0.25, 0.3) is 0 Å². The fourth-order valence-corrected chi connectivity index (χ4v) is 6.27. The molecule has 3 aromatic rings. The van der Waals surface area contributed by atoms with Crippen LogP contribution in [0.1, 0.15) is 38.9 Å². The van der Waals surface area contributed by atoms with E-state index in [1.807, 2.05) is 30.3 Å². The molecule has 1 aliphatic heterocycles. The normalized spacial score (nSPS) is 15.0. The van der Waals surface area contributed by atoms with Crippen LogP contribution in [-0.4, -0.2) is 19.3 Å². The van der Waals surface area contributed by atoms with Crippen LogP contribution in [0.4, 0.5) is 11.4 Å². The molecule has 4 heteroatoms. The Labute approximate surface area is 202 Å². The SMILES string of the molecule is Cc1cc(C)c(N2CCN(c3c(C)cc(C)cc3C)C2C(Cl)(Cl)c2ccccc2)c(C)c1. The maximum Gasteiger partial charge on any atom is 0.181 e. The second-order valence-electron chi connectivity index (χ2n) is 9.24. The van der Waals surface area contributed by atoms with Gasteiger partial charge in [0.2, 0.25) is 0 Å². The Balaban J connectivity index is 1.92. The molecule has 168 valence electrons. The number of benzene rings is 3. The van der Waals surface area contributed by atoms with E-state index in [2.05, 4.69) is 75.6 Å². The Morgan fingerprint density at radius 1 is 0.656 bits per heavy atom. The van der Waals surface area contributed by atoms with E-state index in [0.717, 1.165) is 18.7 Å². The molecule has 0 bridgehead atoms. The van der Waals surface area contributed by atoms with Crippen LogP contribution in [0, 0.1) is 41.5 Å². The lowest BCUT2D eigenvalue weighted by Crippen LogP contribution is -2.50. The molecule has 1 heterocycles. The summed E-state index contributed by atoms with van der Waals surface area (Å²) in [5.74, 6) is 0. The van der Waals surface area contributed by atoms with Crippen LogP contribution in [0.25, 0.3) is 0 Å². The van der Waals surface area contributed by atoms with Gasteiger partial charge < -0.3 is 9.80 Å². The minimum absolute atomic E-state index is 0.242. The van der Waals surface area contributed by atoms with Gasteiger partial charge in [0.15, 0.2) is 4.33 Å². The van der Waals surface area contributed by atoms with E-state index < -0.39 is 4.33 Å². The van der Waals surface area contributed by atoms with E-state index in [0.29, 0.717) is 0 Å². The van der Waals surface area contributed by atoms with Crippen molar-refractivity contribution in [2.45, 2.75) is 52.0 Å². The summed E-state index contributed by atoms with van der Waals surface area (Å²) in [7, 11) is 0. The smallest absolute Gasteiger partial charge is 0.181 e. The van der Waals surface area contributed by atoms with Crippen molar-refractivity contribution in [1.82, 2.24) is 0 Å². The van der Waals surface area contributed by atoms with Gasteiger partial charge in [0, 0.05) is 24.5 Å². The van der Waals surface area contributed by atoms with Gasteiger partial charge in [-0.2, -0.15) is 0 Å². The monoisotopic (exact) mass is 466 g/mol. The molecule has 0 aliphatic carbocycles. The largest absolute Gasteiger partial charge is 0.346 e. The number of aryl methyl sites for hydroxylation is 6. The average Bonchev–Trinajstić information content (AvgIpc) is 3.12. The molecule has 0 radical (unpaired) electrons. The highest BCUT2D eigenvalue weighted by atomic mass is 35.5. The van der Waals surface area contributed by atoms with Gasteiger partial charge in [-0.3, -0.25) is 0 Å². The molecule has 1 saturated heterocycles. The molecule has 1 aliphatic rings. The molecule has 3 aromatic carbocycles. The lowest BCUT2D eigenvalue weighted by molar-refractivity contribution is 0.597. The highest BCUT2D eigenvalue weighted by Crippen LogP contribution is 2.48. The first-order valence-corrected chi connectivity index (χ1v) is 12.0. The second kappa shape index (κ2) is 8.65. The molecule has 32 heavy (non-hydrogen) atoms. The van der Waals surface area contributed by atoms with Gasteiger partial charge in [-0.05, 0) is 69.4 Å². The highest BCUT2D eigenvalue weighted by molar-refractivity contribution is 6.49. The first-order chi connectivity index (χ1) is 15.1. The number of nitrogens with zero attached hydrogens (tertiary/aromatic N) is 2. The molecule has 0 amide bonds. The van der Waals surface area contributed by atoms with E-state index in [-0.39, 0.29) is 6.17 Å². The lowest BCUT2D eigenvalue weighted by atomic mass is 10.0. The summed E-state index contributed by atoms with van der Waals surface area (Å²) in [5, 5.41) is 0. The third-order valence-electron chi connectivity index (χ3n) is 6.50. The molecule has 0 saturated carbocycles. The predicted molar refractivity (Wildman–Crippen MR) is 140 cm³/mol. The quantitative estimate of drug-likeness (QED) is 0.366. The number of anilines is 2. The molecule has 0 atom stereocenters. The van der Waals surface area contributed by atoms with Crippen molar-refractivity contribution in [3.05, 3.63) is 93.5 Å². The number of rotatable bonds is 4. The summed E-state index contributed by atoms with van der Waals surface area (Å²) in [4.78, 5) is 4.83. The molecule has 2 nitrogen and oxygen atoms in total. The van der Waals surface area contributed by atoms with E-state index in [9.17, 15) is 0 Å². The summed E-state index contributed by atoms with van der Waals surface area (Å²) < 4.78 is -1.12. The van der Waals surface area contributed by atoms with E-state index in [1.165, 1.54) is 44.8 Å². The Kier molecular flexibility index (Phi) is 6.22. The van der Waals surface area contributed by atoms with E-state index >= 15 is 0 Å². The number of hydrogen-bond donors (Lipinski definition) is 0. The molecular formula is C28H32Cl2N2. The Bertz CT molecular complexity index is 1030. The molecular weight excluding hydrogens is 435 g/mol. The van der Waals surface area contributed by atoms with Gasteiger partial charge in [0.1, 0.15) is 6.17 Å². The fraction of sp³-hybridized carbons (Fsp3) is 0.357. The van der Waals surface area contributed by atoms with Crippen LogP contribution in [0.15, 0.2) is 54.6 Å². The molecule has 0 N–H and O–H groups in total. The van der Waals surface area contributed by atoms with Crippen molar-refractivity contribution < 1.29 is 0 Å². The van der Waals surface area contributed by atoms with E-state index in [4.69, 9.17) is 23.2 Å². The maximum absolute atomic E-state index is 7.31. The van der Waals surface area contributed by atoms with Crippen LogP contribution < -0.4 is 9.80 Å². The topological polar surface area (TPSA) is 6.48 Å². The van der Waals surface area contributed by atoms with Crippen molar-refractivity contribution in [3.63, 3.8) is 0 Å². The van der Waals surface area contributed by atoms with Crippen molar-refractivity contribution in [2.75, 3.05) is 22.9 Å². The molecule has 0 spiro atoms. The molecule has 0 unspecified atom stereocenters. The molecule has 4 rings (SSSR count). The minimum Gasteiger partial charge on any atom is -0.346 e. The van der Waals surface area contributed by atoms with Crippen LogP contribution in [0.5, 0.6) is 0 Å². The predicted octanol–water partition coefficient (Wildman–Crippen LogP) is 7.52. The zero-order valence-corrected chi connectivity index (χ0v) is 21.3. The third kappa shape index (κ3) is 4.00. The van der Waals surface area contributed by atoms with Gasteiger partial charge in [0.05, 0.1) is 0 Å². The summed E-state index contributed by atoms with van der Waals surface area (Å²) in [6.45, 7) is 14.7. The summed E-state index contributed by atoms with van der Waals surface area (Å²) in [6.07, 6.45) is -0.242. The van der Waals surface area contributed by atoms with Crippen LogP contribution in [0.2, 0.25) is 0 Å². The van der Waals surface area contributed by atoms with Crippen molar-refractivity contribution in [3.8, 4) is 0 Å². The first kappa shape index (κ1) is 23.0. The second-order valence-corrected chi connectivity index (χ2v) is 10.6. The van der Waals surface area contributed by atoms with Gasteiger partial charge in [-0.15, -0.1) is 0 Å². The highest BCUT2D eigenvalue weighted by Gasteiger charge is 2.49. The van der Waals surface area contributed by atoms with Gasteiger partial charge >= 0.3 is 0 Å². The fourth-order valence-electron chi connectivity index (χ4n) is 5.55. The minimum atomic E-state index is -1.12. The average molecular weight is 467 g/mol. The van der Waals surface area contributed by atoms with E-state index in [1.54, 1.807) is 0 Å². The van der Waals surface area contributed by atoms with Crippen molar-refractivity contribution in [1.29, 1.82) is 0 Å². The van der Waals surface area contributed by atoms with Gasteiger partial charge in [-0.1, -0.05) is 88.9 Å². The Morgan fingerprint density at radius 3 is 1.41 bits per heavy atom. The number of alkyl halides is 2. The molecule has 0 aromatic heterocycles.